The average molecular weight is 338 g/mol. The third-order valence-electron chi connectivity index (χ3n) is 4.47. The molecule has 5 heteroatoms. The van der Waals surface area contributed by atoms with Crippen LogP contribution in [0.4, 0.5) is 11.4 Å². The van der Waals surface area contributed by atoms with Gasteiger partial charge in [0.2, 0.25) is 0 Å². The van der Waals surface area contributed by atoms with E-state index in [0.29, 0.717) is 17.9 Å². The highest BCUT2D eigenvalue weighted by atomic mass is 16.5. The number of nitrogens with one attached hydrogen (secondary N) is 2. The van der Waals surface area contributed by atoms with Crippen LogP contribution < -0.4 is 10.6 Å². The molecule has 3 rings (SSSR count). The van der Waals surface area contributed by atoms with Crippen molar-refractivity contribution in [3.63, 3.8) is 0 Å². The zero-order valence-electron chi connectivity index (χ0n) is 14.5. The number of hydrogen-bond donors (Lipinski definition) is 2. The highest BCUT2D eigenvalue weighted by molar-refractivity contribution is 6.06. The first kappa shape index (κ1) is 17.2. The first-order valence-electron chi connectivity index (χ1n) is 8.44. The van der Waals surface area contributed by atoms with E-state index >= 15 is 0 Å². The monoisotopic (exact) mass is 338 g/mol. The molecule has 2 N–H and O–H groups in total. The fraction of sp³-hybridized carbons (Fsp3) is 0.300. The third-order valence-corrected chi connectivity index (χ3v) is 4.47. The maximum absolute atomic E-state index is 12.5. The summed E-state index contributed by atoms with van der Waals surface area (Å²) in [6.45, 7) is 4.60. The Kier molecular flexibility index (Phi) is 5.14. The van der Waals surface area contributed by atoms with Gasteiger partial charge in [-0.2, -0.15) is 0 Å². The molecule has 0 bridgehead atoms. The Morgan fingerprint density at radius 2 is 1.88 bits per heavy atom. The number of benzene rings is 2. The summed E-state index contributed by atoms with van der Waals surface area (Å²) in [6, 6.07) is 12.7. The molecule has 5 nitrogen and oxygen atoms in total. The van der Waals surface area contributed by atoms with Gasteiger partial charge in [-0.25, -0.2) is 0 Å². The normalized spacial score (nSPS) is 16.5. The van der Waals surface area contributed by atoms with Crippen LogP contribution in [0.2, 0.25) is 0 Å². The van der Waals surface area contributed by atoms with Gasteiger partial charge in [0.15, 0.2) is 0 Å². The predicted molar refractivity (Wildman–Crippen MR) is 97.9 cm³/mol. The number of carbonyl (C=O) groups is 2. The molecule has 0 aromatic heterocycles. The molecular formula is C20H22N2O3. The van der Waals surface area contributed by atoms with Crippen LogP contribution >= 0.6 is 0 Å². The minimum absolute atomic E-state index is 0.162. The highest BCUT2D eigenvalue weighted by Crippen LogP contribution is 2.20. The Balaban J connectivity index is 1.71. The van der Waals surface area contributed by atoms with Crippen LogP contribution in [0.1, 0.15) is 34.3 Å². The topological polar surface area (TPSA) is 67.4 Å². The second kappa shape index (κ2) is 7.49. The minimum atomic E-state index is -0.396. The maximum Gasteiger partial charge on any atom is 0.255 e. The van der Waals surface area contributed by atoms with E-state index in [9.17, 15) is 9.59 Å². The lowest BCUT2D eigenvalue weighted by Crippen LogP contribution is -2.27. The zero-order valence-corrected chi connectivity index (χ0v) is 14.5. The quantitative estimate of drug-likeness (QED) is 0.894. The smallest absolute Gasteiger partial charge is 0.255 e. The molecule has 0 saturated carbocycles. The van der Waals surface area contributed by atoms with Crippen molar-refractivity contribution < 1.29 is 14.3 Å². The van der Waals surface area contributed by atoms with Gasteiger partial charge in [-0.15, -0.1) is 0 Å². The molecule has 0 aliphatic carbocycles. The summed E-state index contributed by atoms with van der Waals surface area (Å²) in [7, 11) is 0. The van der Waals surface area contributed by atoms with E-state index in [2.05, 4.69) is 10.6 Å². The van der Waals surface area contributed by atoms with Gasteiger partial charge in [0.25, 0.3) is 11.8 Å². The van der Waals surface area contributed by atoms with Crippen molar-refractivity contribution in [2.45, 2.75) is 32.8 Å². The average Bonchev–Trinajstić information content (AvgIpc) is 3.14. The van der Waals surface area contributed by atoms with E-state index in [4.69, 9.17) is 4.74 Å². The molecule has 1 fully saturated rings. The van der Waals surface area contributed by atoms with Gasteiger partial charge >= 0.3 is 0 Å². The molecule has 0 radical (unpaired) electrons. The first-order chi connectivity index (χ1) is 12.0. The number of rotatable bonds is 4. The summed E-state index contributed by atoms with van der Waals surface area (Å²) in [5.74, 6) is -0.369. The summed E-state index contributed by atoms with van der Waals surface area (Å²) >= 11 is 0. The van der Waals surface area contributed by atoms with Crippen molar-refractivity contribution in [2.24, 2.45) is 0 Å². The number of amides is 2. The number of ether oxygens (including phenoxy) is 1. The molecule has 1 aliphatic rings. The van der Waals surface area contributed by atoms with Crippen LogP contribution in [0.5, 0.6) is 0 Å². The van der Waals surface area contributed by atoms with Gasteiger partial charge in [0.1, 0.15) is 6.10 Å². The highest BCUT2D eigenvalue weighted by Gasteiger charge is 2.23. The standard InChI is InChI=1S/C20H22N2O3/c1-13-6-3-9-17(14(13)2)22-19(23)15-7-4-8-16(12-15)21-20(24)18-10-5-11-25-18/h3-4,6-9,12,18H,5,10-11H2,1-2H3,(H,21,24)(H,22,23). The molecular weight excluding hydrogens is 316 g/mol. The molecule has 2 aromatic rings. The first-order valence-corrected chi connectivity index (χ1v) is 8.44. The lowest BCUT2D eigenvalue weighted by Gasteiger charge is -2.13. The molecule has 1 aliphatic heterocycles. The third kappa shape index (κ3) is 4.06. The van der Waals surface area contributed by atoms with Crippen LogP contribution in [0, 0.1) is 13.8 Å². The lowest BCUT2D eigenvalue weighted by atomic mass is 10.1. The second-order valence-corrected chi connectivity index (χ2v) is 6.27. The Morgan fingerprint density at radius 1 is 1.08 bits per heavy atom. The molecule has 130 valence electrons. The molecule has 1 atom stereocenters. The van der Waals surface area contributed by atoms with Crippen molar-refractivity contribution in [3.8, 4) is 0 Å². The molecule has 1 unspecified atom stereocenters. The van der Waals surface area contributed by atoms with Crippen molar-refractivity contribution in [2.75, 3.05) is 17.2 Å². The van der Waals surface area contributed by atoms with Crippen LogP contribution in [0.25, 0.3) is 0 Å². The number of aryl methyl sites for hydroxylation is 1. The Hall–Kier alpha value is -2.66. The van der Waals surface area contributed by atoms with Crippen molar-refractivity contribution >= 4 is 23.2 Å². The van der Waals surface area contributed by atoms with E-state index in [1.54, 1.807) is 24.3 Å². The van der Waals surface area contributed by atoms with Gasteiger partial charge in [0.05, 0.1) is 0 Å². The Morgan fingerprint density at radius 3 is 2.64 bits per heavy atom. The van der Waals surface area contributed by atoms with Crippen LogP contribution in [-0.2, 0) is 9.53 Å². The van der Waals surface area contributed by atoms with Gasteiger partial charge in [0, 0.05) is 23.5 Å². The molecule has 0 spiro atoms. The summed E-state index contributed by atoms with van der Waals surface area (Å²) in [5.41, 5.74) is 4.04. The number of hydrogen-bond acceptors (Lipinski definition) is 3. The Bertz CT molecular complexity index is 795. The molecule has 2 aromatic carbocycles. The predicted octanol–water partition coefficient (Wildman–Crippen LogP) is 3.67. The van der Waals surface area contributed by atoms with Gasteiger partial charge < -0.3 is 15.4 Å². The fourth-order valence-electron chi connectivity index (χ4n) is 2.83. The van der Waals surface area contributed by atoms with Crippen LogP contribution in [0.3, 0.4) is 0 Å². The Labute approximate surface area is 147 Å². The van der Waals surface area contributed by atoms with E-state index in [-0.39, 0.29) is 11.8 Å². The minimum Gasteiger partial charge on any atom is -0.368 e. The van der Waals surface area contributed by atoms with E-state index in [1.807, 2.05) is 32.0 Å². The van der Waals surface area contributed by atoms with Gasteiger partial charge in [-0.1, -0.05) is 18.2 Å². The molecule has 2 amide bonds. The van der Waals surface area contributed by atoms with Gasteiger partial charge in [-0.3, -0.25) is 9.59 Å². The summed E-state index contributed by atoms with van der Waals surface area (Å²) in [6.07, 6.45) is 1.24. The van der Waals surface area contributed by atoms with Crippen molar-refractivity contribution in [3.05, 3.63) is 59.2 Å². The summed E-state index contributed by atoms with van der Waals surface area (Å²) in [4.78, 5) is 24.7. The van der Waals surface area contributed by atoms with Crippen molar-refractivity contribution in [1.29, 1.82) is 0 Å². The maximum atomic E-state index is 12.5. The SMILES string of the molecule is Cc1cccc(NC(=O)c2cccc(NC(=O)C3CCCO3)c2)c1C. The second-order valence-electron chi connectivity index (χ2n) is 6.27. The lowest BCUT2D eigenvalue weighted by molar-refractivity contribution is -0.124. The molecule has 1 heterocycles. The largest absolute Gasteiger partial charge is 0.368 e. The van der Waals surface area contributed by atoms with E-state index in [1.165, 1.54) is 0 Å². The van der Waals surface area contributed by atoms with E-state index in [0.717, 1.165) is 29.7 Å². The van der Waals surface area contributed by atoms with Crippen LogP contribution in [0.15, 0.2) is 42.5 Å². The summed E-state index contributed by atoms with van der Waals surface area (Å²) in [5, 5.41) is 5.75. The number of anilines is 2. The van der Waals surface area contributed by atoms with Crippen LogP contribution in [-0.4, -0.2) is 24.5 Å². The van der Waals surface area contributed by atoms with E-state index < -0.39 is 6.10 Å². The fourth-order valence-corrected chi connectivity index (χ4v) is 2.83. The molecule has 1 saturated heterocycles. The zero-order chi connectivity index (χ0) is 17.8. The van der Waals surface area contributed by atoms with Gasteiger partial charge in [-0.05, 0) is 62.1 Å². The summed E-state index contributed by atoms with van der Waals surface area (Å²) < 4.78 is 5.38. The van der Waals surface area contributed by atoms with Crippen molar-refractivity contribution in [1.82, 2.24) is 0 Å². The molecule has 25 heavy (non-hydrogen) atoms. The number of carbonyl (C=O) groups excluding carboxylic acids is 2.